The van der Waals surface area contributed by atoms with Crippen LogP contribution in [0.15, 0.2) is 34.5 Å². The highest BCUT2D eigenvalue weighted by Crippen LogP contribution is 2.10. The van der Waals surface area contributed by atoms with Gasteiger partial charge < -0.3 is 30.3 Å². The van der Waals surface area contributed by atoms with Gasteiger partial charge in [0.05, 0.1) is 48.5 Å². The molecule has 0 aliphatic carbocycles. The van der Waals surface area contributed by atoms with Crippen molar-refractivity contribution in [2.24, 2.45) is 0 Å². The fourth-order valence-corrected chi connectivity index (χ4v) is 7.15. The lowest BCUT2D eigenvalue weighted by Crippen LogP contribution is -2.48. The third kappa shape index (κ3) is 9.36. The van der Waals surface area contributed by atoms with Crippen LogP contribution in [0.25, 0.3) is 0 Å². The molecule has 4 amide bonds. The van der Waals surface area contributed by atoms with E-state index in [0.29, 0.717) is 0 Å². The Morgan fingerprint density at radius 2 is 1.00 bits per heavy atom. The van der Waals surface area contributed by atoms with Crippen molar-refractivity contribution < 1.29 is 49.1 Å². The molecule has 3 unspecified atom stereocenters. The lowest BCUT2D eigenvalue weighted by Gasteiger charge is -2.24. The van der Waals surface area contributed by atoms with E-state index in [9.17, 15) is 39.6 Å². The van der Waals surface area contributed by atoms with Gasteiger partial charge in [0.1, 0.15) is 13.2 Å². The predicted molar refractivity (Wildman–Crippen MR) is 129 cm³/mol. The number of rotatable bonds is 9. The smallest absolute Gasteiger partial charge is 0.407 e. The highest BCUT2D eigenvalue weighted by Gasteiger charge is 2.27. The Labute approximate surface area is 213 Å². The molecule has 3 aliphatic heterocycles. The molecule has 3 N–H and O–H groups in total. The Balaban J connectivity index is 1.47. The summed E-state index contributed by atoms with van der Waals surface area (Å²) in [6, 6.07) is -2.98. The van der Waals surface area contributed by atoms with Gasteiger partial charge in [-0.3, -0.25) is 0 Å². The Bertz CT molecular complexity index is 1250. The van der Waals surface area contributed by atoms with Gasteiger partial charge in [-0.05, 0) is 18.2 Å². The van der Waals surface area contributed by atoms with Gasteiger partial charge in [-0.15, -0.1) is 0 Å². The summed E-state index contributed by atoms with van der Waals surface area (Å²) in [6.07, 6.45) is 2.10. The number of carbonyl (C=O) groups is 3. The highest BCUT2D eigenvalue weighted by molar-refractivity contribution is 7.95. The first kappa shape index (κ1) is 28.5. The molecule has 0 radical (unpaired) electrons. The summed E-state index contributed by atoms with van der Waals surface area (Å²) in [7, 11) is -10.2. The van der Waals surface area contributed by atoms with E-state index in [1.54, 1.807) is 0 Å². The fraction of sp³-hybridized carbons (Fsp3) is 0.526. The first-order chi connectivity index (χ1) is 17.2. The summed E-state index contributed by atoms with van der Waals surface area (Å²) in [5.41, 5.74) is 0. The van der Waals surface area contributed by atoms with Crippen molar-refractivity contribution in [2.75, 3.05) is 43.6 Å². The molecule has 0 saturated carbocycles. The van der Waals surface area contributed by atoms with Gasteiger partial charge in [0, 0.05) is 16.2 Å². The molecular weight excluding hydrogens is 556 g/mol. The molecule has 18 heteroatoms. The molecule has 0 aromatic rings. The predicted octanol–water partition coefficient (Wildman–Crippen LogP) is -1.62. The van der Waals surface area contributed by atoms with Crippen molar-refractivity contribution in [3.8, 4) is 0 Å². The summed E-state index contributed by atoms with van der Waals surface area (Å²) in [6.45, 7) is -0.956. The summed E-state index contributed by atoms with van der Waals surface area (Å²) < 4.78 is 78.8. The van der Waals surface area contributed by atoms with Gasteiger partial charge in [0.2, 0.25) is 0 Å². The zero-order valence-corrected chi connectivity index (χ0v) is 21.8. The standard InChI is InChI=1S/C19H26N4O11S3/c24-17(20-14-1-8-35(27,28)11-14)23(4-6-33-18(25)21-15-2-9-36(29,30)12-15)5-7-34-19(26)22-16-3-10-37(31,32)13-16/h1-3,8-10,14-16H,4-7,11-13H2,(H,20,24)(H,21,25)(H,22,26). The maximum absolute atomic E-state index is 12.7. The highest BCUT2D eigenvalue weighted by atomic mass is 32.2. The summed E-state index contributed by atoms with van der Waals surface area (Å²) in [5.74, 6) is -0.910. The molecular formula is C19H26N4O11S3. The van der Waals surface area contributed by atoms with Crippen molar-refractivity contribution in [3.63, 3.8) is 0 Å². The van der Waals surface area contributed by atoms with Gasteiger partial charge in [-0.2, -0.15) is 0 Å². The van der Waals surface area contributed by atoms with E-state index in [-0.39, 0.29) is 43.6 Å². The van der Waals surface area contributed by atoms with Crippen LogP contribution in [0.5, 0.6) is 0 Å². The van der Waals surface area contributed by atoms with E-state index in [2.05, 4.69) is 16.0 Å². The molecule has 3 heterocycles. The number of hydrogen-bond acceptors (Lipinski definition) is 11. The molecule has 3 rings (SSSR count). The van der Waals surface area contributed by atoms with Gasteiger partial charge in [-0.25, -0.2) is 39.6 Å². The van der Waals surface area contributed by atoms with Gasteiger partial charge in [-0.1, -0.05) is 0 Å². The molecule has 3 atom stereocenters. The molecule has 15 nitrogen and oxygen atoms in total. The average Bonchev–Trinajstić information content (AvgIpc) is 3.41. The molecule has 0 bridgehead atoms. The van der Waals surface area contributed by atoms with Crippen LogP contribution in [0, 0.1) is 0 Å². The number of carbonyl (C=O) groups excluding carboxylic acids is 3. The van der Waals surface area contributed by atoms with E-state index in [1.807, 2.05) is 0 Å². The van der Waals surface area contributed by atoms with Crippen molar-refractivity contribution >= 4 is 47.7 Å². The minimum Gasteiger partial charge on any atom is -0.448 e. The number of urea groups is 1. The van der Waals surface area contributed by atoms with E-state index in [0.717, 1.165) is 21.1 Å². The largest absolute Gasteiger partial charge is 0.448 e. The van der Waals surface area contributed by atoms with Crippen molar-refractivity contribution in [1.29, 1.82) is 0 Å². The van der Waals surface area contributed by atoms with Crippen molar-refractivity contribution in [1.82, 2.24) is 20.9 Å². The van der Waals surface area contributed by atoms with Gasteiger partial charge in [0.15, 0.2) is 29.5 Å². The SMILES string of the molecule is O=C(NC1C=CS(=O)(=O)C1)OCCN(CCOC(=O)NC1C=CS(=O)(=O)C1)C(=O)NC1C=CS(=O)(=O)C1. The second kappa shape index (κ2) is 11.5. The Morgan fingerprint density at radius 3 is 1.32 bits per heavy atom. The lowest BCUT2D eigenvalue weighted by molar-refractivity contribution is 0.111. The van der Waals surface area contributed by atoms with E-state index >= 15 is 0 Å². The Kier molecular flexibility index (Phi) is 8.85. The Morgan fingerprint density at radius 1 is 0.649 bits per heavy atom. The third-order valence-corrected chi connectivity index (χ3v) is 9.37. The molecule has 37 heavy (non-hydrogen) atoms. The first-order valence-electron chi connectivity index (χ1n) is 10.9. The zero-order valence-electron chi connectivity index (χ0n) is 19.3. The molecule has 0 aromatic heterocycles. The number of amides is 4. The zero-order chi connectivity index (χ0) is 27.3. The fourth-order valence-electron chi connectivity index (χ4n) is 3.45. The van der Waals surface area contributed by atoms with Crippen molar-refractivity contribution in [3.05, 3.63) is 34.5 Å². The molecule has 206 valence electrons. The monoisotopic (exact) mass is 582 g/mol. The van der Waals surface area contributed by atoms with Crippen LogP contribution in [0.3, 0.4) is 0 Å². The second-order valence-electron chi connectivity index (χ2n) is 8.29. The quantitative estimate of drug-likeness (QED) is 0.281. The lowest BCUT2D eigenvalue weighted by atomic mass is 10.3. The number of nitrogens with one attached hydrogen (secondary N) is 3. The number of sulfone groups is 3. The van der Waals surface area contributed by atoms with Crippen LogP contribution in [-0.2, 0) is 39.0 Å². The maximum atomic E-state index is 12.7. The van der Waals surface area contributed by atoms with Gasteiger partial charge >= 0.3 is 18.2 Å². The topological polar surface area (TPSA) is 211 Å². The minimum atomic E-state index is -3.43. The first-order valence-corrected chi connectivity index (χ1v) is 16.0. The number of ether oxygens (including phenoxy) is 2. The number of nitrogens with zero attached hydrogens (tertiary/aromatic N) is 1. The van der Waals surface area contributed by atoms with Crippen LogP contribution in [0.1, 0.15) is 0 Å². The van der Waals surface area contributed by atoms with Crippen molar-refractivity contribution in [2.45, 2.75) is 18.1 Å². The normalized spacial score (nSPS) is 25.9. The maximum Gasteiger partial charge on any atom is 0.407 e. The Hall–Kier alpha value is -3.12. The van der Waals surface area contributed by atoms with Crippen LogP contribution >= 0.6 is 0 Å². The second-order valence-corrected chi connectivity index (χ2v) is 14.1. The molecule has 0 fully saturated rings. The van der Waals surface area contributed by atoms with E-state index < -0.39 is 65.9 Å². The molecule has 3 aliphatic rings. The summed E-state index contributed by atoms with van der Waals surface area (Å²) in [5, 5.41) is 10.2. The molecule has 0 aromatic carbocycles. The van der Waals surface area contributed by atoms with Crippen LogP contribution in [0.2, 0.25) is 0 Å². The van der Waals surface area contributed by atoms with Crippen LogP contribution in [-0.4, -0.2) is 110 Å². The third-order valence-electron chi connectivity index (χ3n) is 5.18. The summed E-state index contributed by atoms with van der Waals surface area (Å²) in [4.78, 5) is 37.7. The van der Waals surface area contributed by atoms with Gasteiger partial charge in [0.25, 0.3) is 0 Å². The van der Waals surface area contributed by atoms with E-state index in [1.165, 1.54) is 18.2 Å². The molecule has 0 saturated heterocycles. The minimum absolute atomic E-state index is 0.171. The molecule has 0 spiro atoms. The van der Waals surface area contributed by atoms with Crippen LogP contribution < -0.4 is 16.0 Å². The number of alkyl carbamates (subject to hydrolysis) is 2. The number of hydrogen-bond donors (Lipinski definition) is 3. The van der Waals surface area contributed by atoms with E-state index in [4.69, 9.17) is 9.47 Å². The average molecular weight is 583 g/mol. The summed E-state index contributed by atoms with van der Waals surface area (Å²) >= 11 is 0. The van der Waals surface area contributed by atoms with Crippen LogP contribution in [0.4, 0.5) is 14.4 Å².